The largest absolute Gasteiger partial charge is 0.331 e. The lowest BCUT2D eigenvalue weighted by Crippen LogP contribution is -2.51. The third kappa shape index (κ3) is 4.30. The maximum absolute atomic E-state index is 12.4. The van der Waals surface area contributed by atoms with Crippen LogP contribution in [0, 0.1) is 6.92 Å². The van der Waals surface area contributed by atoms with Gasteiger partial charge in [0.15, 0.2) is 0 Å². The molecular formula is C17H23N5OS. The summed E-state index contributed by atoms with van der Waals surface area (Å²) < 4.78 is 0. The van der Waals surface area contributed by atoms with Crippen LogP contribution in [-0.2, 0) is 6.54 Å². The van der Waals surface area contributed by atoms with Gasteiger partial charge in [-0.2, -0.15) is 0 Å². The number of amides is 2. The van der Waals surface area contributed by atoms with Crippen molar-refractivity contribution in [2.45, 2.75) is 26.4 Å². The van der Waals surface area contributed by atoms with Gasteiger partial charge in [0, 0.05) is 50.5 Å². The summed E-state index contributed by atoms with van der Waals surface area (Å²) in [5, 5.41) is 6.27. The Labute approximate surface area is 146 Å². The van der Waals surface area contributed by atoms with E-state index in [1.165, 1.54) is 0 Å². The topological polar surface area (TPSA) is 61.4 Å². The molecule has 1 aliphatic rings. The highest BCUT2D eigenvalue weighted by Crippen LogP contribution is 2.14. The summed E-state index contributed by atoms with van der Waals surface area (Å²) >= 11 is 1.69. The second-order valence-corrected chi connectivity index (χ2v) is 7.14. The van der Waals surface area contributed by atoms with Crippen LogP contribution in [0.25, 0.3) is 0 Å². The van der Waals surface area contributed by atoms with Crippen molar-refractivity contribution in [1.82, 2.24) is 25.1 Å². The van der Waals surface area contributed by atoms with Crippen molar-refractivity contribution in [1.29, 1.82) is 0 Å². The molecule has 1 fully saturated rings. The minimum atomic E-state index is -0.0396. The Hall–Kier alpha value is -1.99. The SMILES string of the molecule is Cc1nc(CN2CCN(C(=O)N[C@@H](C)c3cccnc3)CC2)cs1. The van der Waals surface area contributed by atoms with Crippen LogP contribution >= 0.6 is 11.3 Å². The first-order valence-corrected chi connectivity index (χ1v) is 9.08. The van der Waals surface area contributed by atoms with Crippen LogP contribution in [0.2, 0.25) is 0 Å². The molecule has 0 aromatic carbocycles. The molecule has 0 saturated carbocycles. The molecule has 6 nitrogen and oxygen atoms in total. The van der Waals surface area contributed by atoms with E-state index in [4.69, 9.17) is 0 Å². The van der Waals surface area contributed by atoms with Gasteiger partial charge in [0.25, 0.3) is 0 Å². The highest BCUT2D eigenvalue weighted by molar-refractivity contribution is 7.09. The molecule has 0 bridgehead atoms. The van der Waals surface area contributed by atoms with Crippen LogP contribution in [0.1, 0.15) is 29.2 Å². The lowest BCUT2D eigenvalue weighted by Gasteiger charge is -2.35. The molecule has 0 unspecified atom stereocenters. The van der Waals surface area contributed by atoms with Crippen LogP contribution in [0.5, 0.6) is 0 Å². The molecule has 2 amide bonds. The number of aromatic nitrogens is 2. The Morgan fingerprint density at radius 2 is 2.17 bits per heavy atom. The van der Waals surface area contributed by atoms with Crippen molar-refractivity contribution in [2.75, 3.05) is 26.2 Å². The van der Waals surface area contributed by atoms with Crippen molar-refractivity contribution in [3.05, 3.63) is 46.2 Å². The number of carbonyl (C=O) groups is 1. The van der Waals surface area contributed by atoms with Crippen molar-refractivity contribution in [3.63, 3.8) is 0 Å². The first-order chi connectivity index (χ1) is 11.6. The highest BCUT2D eigenvalue weighted by Gasteiger charge is 2.22. The summed E-state index contributed by atoms with van der Waals surface area (Å²) in [6.07, 6.45) is 3.53. The van der Waals surface area contributed by atoms with E-state index in [9.17, 15) is 4.79 Å². The number of piperazine rings is 1. The van der Waals surface area contributed by atoms with Crippen molar-refractivity contribution >= 4 is 17.4 Å². The number of hydrogen-bond donors (Lipinski definition) is 1. The Morgan fingerprint density at radius 3 is 2.79 bits per heavy atom. The maximum Gasteiger partial charge on any atom is 0.317 e. The van der Waals surface area contributed by atoms with Gasteiger partial charge < -0.3 is 10.2 Å². The average molecular weight is 345 g/mol. The normalized spacial score (nSPS) is 16.8. The second-order valence-electron chi connectivity index (χ2n) is 6.08. The van der Waals surface area contributed by atoms with Gasteiger partial charge >= 0.3 is 6.03 Å². The van der Waals surface area contributed by atoms with E-state index >= 15 is 0 Å². The van der Waals surface area contributed by atoms with E-state index in [-0.39, 0.29) is 12.1 Å². The molecule has 2 aromatic rings. The van der Waals surface area contributed by atoms with Crippen molar-refractivity contribution in [3.8, 4) is 0 Å². The molecule has 0 spiro atoms. The number of nitrogens with zero attached hydrogens (tertiary/aromatic N) is 4. The monoisotopic (exact) mass is 345 g/mol. The molecule has 0 radical (unpaired) electrons. The summed E-state index contributed by atoms with van der Waals surface area (Å²) in [5.74, 6) is 0. The fourth-order valence-corrected chi connectivity index (χ4v) is 3.41. The van der Waals surface area contributed by atoms with E-state index in [0.29, 0.717) is 0 Å². The molecule has 7 heteroatoms. The zero-order valence-corrected chi connectivity index (χ0v) is 14.9. The van der Waals surface area contributed by atoms with Gasteiger partial charge in [0.1, 0.15) is 0 Å². The van der Waals surface area contributed by atoms with Gasteiger partial charge in [-0.15, -0.1) is 11.3 Å². The van der Waals surface area contributed by atoms with Crippen LogP contribution in [0.15, 0.2) is 29.9 Å². The quantitative estimate of drug-likeness (QED) is 0.924. The smallest absolute Gasteiger partial charge is 0.317 e. The molecule has 128 valence electrons. The number of aryl methyl sites for hydroxylation is 1. The summed E-state index contributed by atoms with van der Waals surface area (Å²) in [6, 6.07) is 3.82. The fraction of sp³-hybridized carbons (Fsp3) is 0.471. The minimum Gasteiger partial charge on any atom is -0.331 e. The Morgan fingerprint density at radius 1 is 1.38 bits per heavy atom. The summed E-state index contributed by atoms with van der Waals surface area (Å²) in [6.45, 7) is 8.13. The molecule has 1 atom stereocenters. The predicted molar refractivity (Wildman–Crippen MR) is 94.9 cm³/mol. The number of hydrogen-bond acceptors (Lipinski definition) is 5. The summed E-state index contributed by atoms with van der Waals surface area (Å²) in [4.78, 5) is 25.3. The van der Waals surface area contributed by atoms with Gasteiger partial charge in [-0.05, 0) is 25.5 Å². The molecule has 1 aliphatic heterocycles. The van der Waals surface area contributed by atoms with Gasteiger partial charge in [-0.1, -0.05) is 6.07 Å². The van der Waals surface area contributed by atoms with E-state index in [1.54, 1.807) is 23.7 Å². The number of nitrogens with one attached hydrogen (secondary N) is 1. The second kappa shape index (κ2) is 7.72. The van der Waals surface area contributed by atoms with Crippen LogP contribution < -0.4 is 5.32 Å². The van der Waals surface area contributed by atoms with E-state index < -0.39 is 0 Å². The zero-order valence-electron chi connectivity index (χ0n) is 14.1. The summed E-state index contributed by atoms with van der Waals surface area (Å²) in [5.41, 5.74) is 2.14. The third-order valence-electron chi connectivity index (χ3n) is 4.24. The molecule has 3 rings (SSSR count). The molecular weight excluding hydrogens is 322 g/mol. The number of pyridine rings is 1. The number of rotatable bonds is 4. The van der Waals surface area contributed by atoms with Crippen LogP contribution in [0.3, 0.4) is 0 Å². The number of carbonyl (C=O) groups excluding carboxylic acids is 1. The molecule has 1 N–H and O–H groups in total. The van der Waals surface area contributed by atoms with E-state index in [0.717, 1.165) is 49.0 Å². The Balaban J connectivity index is 1.46. The number of thiazole rings is 1. The fourth-order valence-electron chi connectivity index (χ4n) is 2.81. The van der Waals surface area contributed by atoms with Gasteiger partial charge in [-0.25, -0.2) is 9.78 Å². The molecule has 0 aliphatic carbocycles. The van der Waals surface area contributed by atoms with Crippen molar-refractivity contribution < 1.29 is 4.79 Å². The predicted octanol–water partition coefficient (Wildman–Crippen LogP) is 2.43. The standard InChI is InChI=1S/C17H23N5OS/c1-13(15-4-3-5-18-10-15)19-17(23)22-8-6-21(7-9-22)11-16-12-24-14(2)20-16/h3-5,10,12-13H,6-9,11H2,1-2H3,(H,19,23)/t13-/m0/s1. The van der Waals surface area contributed by atoms with Gasteiger partial charge in [-0.3, -0.25) is 9.88 Å². The van der Waals surface area contributed by atoms with E-state index in [2.05, 4.69) is 25.6 Å². The highest BCUT2D eigenvalue weighted by atomic mass is 32.1. The minimum absolute atomic E-state index is 0.00416. The van der Waals surface area contributed by atoms with Crippen LogP contribution in [-0.4, -0.2) is 52.0 Å². The lowest BCUT2D eigenvalue weighted by molar-refractivity contribution is 0.133. The van der Waals surface area contributed by atoms with Crippen LogP contribution in [0.4, 0.5) is 4.79 Å². The summed E-state index contributed by atoms with van der Waals surface area (Å²) in [7, 11) is 0. The molecule has 2 aromatic heterocycles. The van der Waals surface area contributed by atoms with E-state index in [1.807, 2.05) is 30.9 Å². The van der Waals surface area contributed by atoms with Crippen molar-refractivity contribution in [2.24, 2.45) is 0 Å². The van der Waals surface area contributed by atoms with Gasteiger partial charge in [0.05, 0.1) is 16.7 Å². The first-order valence-electron chi connectivity index (χ1n) is 8.20. The van der Waals surface area contributed by atoms with Gasteiger partial charge in [0.2, 0.25) is 0 Å². The first kappa shape index (κ1) is 16.9. The molecule has 3 heterocycles. The Bertz CT molecular complexity index is 667. The molecule has 1 saturated heterocycles. The lowest BCUT2D eigenvalue weighted by atomic mass is 10.1. The maximum atomic E-state index is 12.4. The molecule has 24 heavy (non-hydrogen) atoms. The number of urea groups is 1. The average Bonchev–Trinajstić information content (AvgIpc) is 3.01. The zero-order chi connectivity index (χ0) is 16.9. The Kier molecular flexibility index (Phi) is 5.42. The third-order valence-corrected chi connectivity index (χ3v) is 5.06.